The Labute approximate surface area is 337 Å². The van der Waals surface area contributed by atoms with Gasteiger partial charge in [0.05, 0.1) is 19.3 Å². The zero-order valence-corrected chi connectivity index (χ0v) is 36.2. The number of carbonyl (C=O) groups excluding carboxylic acids is 5. The van der Waals surface area contributed by atoms with Crippen LogP contribution in [0.5, 0.6) is 0 Å². The zero-order chi connectivity index (χ0) is 43.8. The number of aryl methyl sites for hydroxylation is 2. The number of anilines is 2. The Kier molecular flexibility index (Phi) is 19.3. The third kappa shape index (κ3) is 22.3. The van der Waals surface area contributed by atoms with Crippen LogP contribution in [0.15, 0.2) is 36.4 Å². The number of aliphatic hydroxyl groups is 1. The first kappa shape index (κ1) is 50.0. The molecular formula is C42H64N2O13. The average molecular weight is 805 g/mol. The quantitative estimate of drug-likeness (QED) is 0.166. The van der Waals surface area contributed by atoms with E-state index >= 15 is 0 Å². The van der Waals surface area contributed by atoms with Gasteiger partial charge in [-0.15, -0.1) is 0 Å². The SMILES string of the molecule is CC(C)(C)OC(=O)OC(=O)OC(C)(C)C.CC(C)(C)OC(=O)OC(=O)OC(C)(C)C.CN1CCCc2cc(CO)ccc21.COC(=O)c1ccc2c(c1)CCCN2. The number of rotatable bonds is 2. The van der Waals surface area contributed by atoms with E-state index in [9.17, 15) is 24.0 Å². The number of benzene rings is 2. The predicted octanol–water partition coefficient (Wildman–Crippen LogP) is 9.14. The maximum absolute atomic E-state index is 11.3. The van der Waals surface area contributed by atoms with Gasteiger partial charge in [0, 0.05) is 31.5 Å². The van der Waals surface area contributed by atoms with E-state index < -0.39 is 47.0 Å². The van der Waals surface area contributed by atoms with Crippen molar-refractivity contribution in [2.75, 3.05) is 37.5 Å². The van der Waals surface area contributed by atoms with E-state index in [0.717, 1.165) is 43.6 Å². The monoisotopic (exact) mass is 804 g/mol. The minimum atomic E-state index is -1.06. The lowest BCUT2D eigenvalue weighted by atomic mass is 10.00. The Hall–Kier alpha value is -5.05. The number of hydrogen-bond acceptors (Lipinski definition) is 15. The molecule has 320 valence electrons. The molecule has 0 saturated heterocycles. The van der Waals surface area contributed by atoms with Gasteiger partial charge in [0.2, 0.25) is 0 Å². The smallest absolute Gasteiger partial charge is 0.465 e. The van der Waals surface area contributed by atoms with Crippen molar-refractivity contribution < 1.29 is 62.2 Å². The molecule has 0 aliphatic carbocycles. The van der Waals surface area contributed by atoms with E-state index in [-0.39, 0.29) is 12.6 Å². The molecule has 0 saturated carbocycles. The normalized spacial score (nSPS) is 13.3. The van der Waals surface area contributed by atoms with Gasteiger partial charge >= 0.3 is 30.6 Å². The number of hydrogen-bond donors (Lipinski definition) is 2. The summed E-state index contributed by atoms with van der Waals surface area (Å²) in [6.07, 6.45) is 0.290. The van der Waals surface area contributed by atoms with Crippen LogP contribution in [0.25, 0.3) is 0 Å². The molecule has 0 bridgehead atoms. The molecule has 2 aromatic carbocycles. The second-order valence-electron chi connectivity index (χ2n) is 17.1. The van der Waals surface area contributed by atoms with Crippen LogP contribution < -0.4 is 10.2 Å². The summed E-state index contributed by atoms with van der Waals surface area (Å²) in [6.45, 7) is 22.4. The minimum absolute atomic E-state index is 0.150. The van der Waals surface area contributed by atoms with Crippen LogP contribution in [0.3, 0.4) is 0 Å². The highest BCUT2D eigenvalue weighted by Gasteiger charge is 2.25. The Morgan fingerprint density at radius 2 is 1.11 bits per heavy atom. The number of methoxy groups -OCH3 is 1. The van der Waals surface area contributed by atoms with Crippen LogP contribution in [0.4, 0.5) is 30.6 Å². The van der Waals surface area contributed by atoms with Gasteiger partial charge in [-0.25, -0.2) is 24.0 Å². The molecule has 4 rings (SSSR count). The van der Waals surface area contributed by atoms with Crippen LogP contribution in [0.1, 0.15) is 123 Å². The number of nitrogens with one attached hydrogen (secondary N) is 1. The summed E-state index contributed by atoms with van der Waals surface area (Å²) >= 11 is 0. The number of aliphatic hydroxyl groups excluding tert-OH is 1. The maximum Gasteiger partial charge on any atom is 0.519 e. The number of ether oxygens (including phenoxy) is 7. The number of carbonyl (C=O) groups is 5. The van der Waals surface area contributed by atoms with Crippen molar-refractivity contribution in [2.45, 2.75) is 138 Å². The summed E-state index contributed by atoms with van der Waals surface area (Å²) in [5.41, 5.74) is 3.92. The van der Waals surface area contributed by atoms with Gasteiger partial charge in [-0.3, -0.25) is 0 Å². The average Bonchev–Trinajstić information content (AvgIpc) is 3.05. The topological polar surface area (TPSA) is 185 Å². The lowest BCUT2D eigenvalue weighted by Crippen LogP contribution is -2.29. The van der Waals surface area contributed by atoms with E-state index in [0.29, 0.717) is 5.56 Å². The molecule has 2 aromatic rings. The van der Waals surface area contributed by atoms with Gasteiger partial charge in [-0.2, -0.15) is 0 Å². The molecule has 2 aliphatic heterocycles. The van der Waals surface area contributed by atoms with Gasteiger partial charge < -0.3 is 48.5 Å². The molecule has 0 spiro atoms. The van der Waals surface area contributed by atoms with E-state index in [1.807, 2.05) is 18.2 Å². The van der Waals surface area contributed by atoms with Gasteiger partial charge in [0.1, 0.15) is 22.4 Å². The molecule has 2 heterocycles. The summed E-state index contributed by atoms with van der Waals surface area (Å²) in [6, 6.07) is 11.9. The van der Waals surface area contributed by atoms with E-state index in [1.165, 1.54) is 30.3 Å². The van der Waals surface area contributed by atoms with Crippen LogP contribution in [0.2, 0.25) is 0 Å². The summed E-state index contributed by atoms with van der Waals surface area (Å²) in [5.74, 6) is -0.265. The lowest BCUT2D eigenvalue weighted by Gasteiger charge is -2.27. The van der Waals surface area contributed by atoms with Crippen molar-refractivity contribution in [3.63, 3.8) is 0 Å². The number of esters is 1. The summed E-state index contributed by atoms with van der Waals surface area (Å²) in [5, 5.41) is 12.3. The summed E-state index contributed by atoms with van der Waals surface area (Å²) in [4.78, 5) is 57.6. The molecule has 2 N–H and O–H groups in total. The van der Waals surface area contributed by atoms with E-state index in [2.05, 4.69) is 43.6 Å². The highest BCUT2D eigenvalue weighted by molar-refractivity contribution is 5.90. The van der Waals surface area contributed by atoms with E-state index in [4.69, 9.17) is 24.1 Å². The Morgan fingerprint density at radius 1 is 0.649 bits per heavy atom. The van der Waals surface area contributed by atoms with Crippen molar-refractivity contribution in [1.29, 1.82) is 0 Å². The van der Waals surface area contributed by atoms with Crippen molar-refractivity contribution in [3.8, 4) is 0 Å². The van der Waals surface area contributed by atoms with Gasteiger partial charge in [0.25, 0.3) is 0 Å². The second kappa shape index (κ2) is 22.0. The minimum Gasteiger partial charge on any atom is -0.465 e. The fourth-order valence-corrected chi connectivity index (χ4v) is 4.88. The van der Waals surface area contributed by atoms with E-state index in [1.54, 1.807) is 89.2 Å². The highest BCUT2D eigenvalue weighted by atomic mass is 16.8. The highest BCUT2D eigenvalue weighted by Crippen LogP contribution is 2.27. The first-order valence-corrected chi connectivity index (χ1v) is 18.8. The Bertz CT molecular complexity index is 1540. The number of fused-ring (bicyclic) bond motifs is 2. The van der Waals surface area contributed by atoms with Crippen molar-refractivity contribution >= 4 is 42.0 Å². The fourth-order valence-electron chi connectivity index (χ4n) is 4.88. The molecule has 0 unspecified atom stereocenters. The third-order valence-electron chi connectivity index (χ3n) is 7.03. The standard InChI is InChI=1S/C11H13NO2.C11H15NO.2C10H18O5/c1-14-11(13)9-4-5-10-8(7-9)3-2-6-12-10;1-12-6-2-3-10-7-9(8-13)4-5-11(10)12;2*1-9(2,3)14-7(11)13-8(12)15-10(4,5)6/h4-5,7,12H,2-3,6H2,1H3;4-5,7,13H,2-3,6,8H2,1H3;2*1-6H3. The number of nitrogens with zero attached hydrogens (tertiary/aromatic N) is 1. The Morgan fingerprint density at radius 3 is 1.53 bits per heavy atom. The first-order chi connectivity index (χ1) is 26.1. The van der Waals surface area contributed by atoms with Crippen LogP contribution >= 0.6 is 0 Å². The molecule has 0 radical (unpaired) electrons. The third-order valence-corrected chi connectivity index (χ3v) is 7.03. The van der Waals surface area contributed by atoms with Gasteiger partial charge in [-0.1, -0.05) is 12.1 Å². The Balaban J connectivity index is 0.000000380. The molecule has 0 aromatic heterocycles. The predicted molar refractivity (Wildman–Crippen MR) is 216 cm³/mol. The molecule has 15 nitrogen and oxygen atoms in total. The molecule has 57 heavy (non-hydrogen) atoms. The molecule has 0 atom stereocenters. The summed E-state index contributed by atoms with van der Waals surface area (Å²) in [7, 11) is 3.52. The van der Waals surface area contributed by atoms with Gasteiger partial charge in [-0.05, 0) is 150 Å². The first-order valence-electron chi connectivity index (χ1n) is 18.8. The van der Waals surface area contributed by atoms with Crippen LogP contribution in [-0.2, 0) is 52.6 Å². The molecular weight excluding hydrogens is 740 g/mol. The van der Waals surface area contributed by atoms with Crippen LogP contribution in [-0.4, -0.2) is 85.3 Å². The van der Waals surface area contributed by atoms with Crippen LogP contribution in [0, 0.1) is 0 Å². The molecule has 0 fully saturated rings. The van der Waals surface area contributed by atoms with Crippen molar-refractivity contribution in [2.24, 2.45) is 0 Å². The fraction of sp³-hybridized carbons (Fsp3) is 0.595. The van der Waals surface area contributed by atoms with Crippen molar-refractivity contribution in [1.82, 2.24) is 0 Å². The molecule has 2 aliphatic rings. The zero-order valence-electron chi connectivity index (χ0n) is 36.2. The summed E-state index contributed by atoms with van der Waals surface area (Å²) < 4.78 is 32.3. The largest absolute Gasteiger partial charge is 0.519 e. The van der Waals surface area contributed by atoms with Gasteiger partial charge in [0.15, 0.2) is 0 Å². The lowest BCUT2D eigenvalue weighted by molar-refractivity contribution is -0.0318. The molecule has 0 amide bonds. The maximum atomic E-state index is 11.3. The second-order valence-corrected chi connectivity index (χ2v) is 17.1. The molecule has 15 heteroatoms. The van der Waals surface area contributed by atoms with Crippen molar-refractivity contribution in [3.05, 3.63) is 58.7 Å².